The van der Waals surface area contributed by atoms with Gasteiger partial charge in [-0.2, -0.15) is 0 Å². The van der Waals surface area contributed by atoms with Crippen molar-refractivity contribution >= 4 is 5.97 Å². The second-order valence-electron chi connectivity index (χ2n) is 10.1. The van der Waals surface area contributed by atoms with Crippen LogP contribution in [-0.4, -0.2) is 43.4 Å². The van der Waals surface area contributed by atoms with Crippen molar-refractivity contribution in [1.29, 1.82) is 0 Å². The molecule has 140 valence electrons. The first-order chi connectivity index (χ1) is 12.0. The Morgan fingerprint density at radius 1 is 1.24 bits per heavy atom. The highest BCUT2D eigenvalue weighted by molar-refractivity contribution is 5.75. The number of hydrogen-bond acceptors (Lipinski definition) is 3. The zero-order chi connectivity index (χ0) is 17.2. The lowest BCUT2D eigenvalue weighted by molar-refractivity contribution is -0.931. The number of piperidine rings is 1. The van der Waals surface area contributed by atoms with Crippen LogP contribution < -0.4 is 4.90 Å². The molecule has 5 aliphatic rings. The smallest absolute Gasteiger partial charge is 0.315 e. The van der Waals surface area contributed by atoms with E-state index in [1.165, 1.54) is 45.1 Å². The normalized spacial score (nSPS) is 54.7. The number of esters is 1. The standard InChI is InChI=1S/C21H33NO3/c1-14-6-3-4-9-22(14)12-16-15-10-18-20(2,11-17(15)25-19(16)23)7-5-8-21(18)13-24-21/h14-18H,3-13H2,1-2H3/p+1/t14-,15-,16-,17-,18-,20-,21+/m1/s1. The van der Waals surface area contributed by atoms with Gasteiger partial charge < -0.3 is 14.4 Å². The lowest BCUT2D eigenvalue weighted by Gasteiger charge is -2.51. The van der Waals surface area contributed by atoms with Crippen LogP contribution in [0.5, 0.6) is 0 Å². The van der Waals surface area contributed by atoms with E-state index in [-0.39, 0.29) is 23.6 Å². The summed E-state index contributed by atoms with van der Waals surface area (Å²) >= 11 is 0. The van der Waals surface area contributed by atoms with Crippen molar-refractivity contribution in [3.63, 3.8) is 0 Å². The minimum atomic E-state index is 0.105. The summed E-state index contributed by atoms with van der Waals surface area (Å²) in [5, 5.41) is 0. The van der Waals surface area contributed by atoms with Gasteiger partial charge in [-0.05, 0) is 69.6 Å². The molecule has 0 radical (unpaired) electrons. The van der Waals surface area contributed by atoms with Crippen molar-refractivity contribution in [3.8, 4) is 0 Å². The molecular weight excluding hydrogens is 314 g/mol. The summed E-state index contributed by atoms with van der Waals surface area (Å²) in [6.07, 6.45) is 10.2. The molecule has 2 aliphatic carbocycles. The molecule has 1 spiro atoms. The first-order valence-electron chi connectivity index (χ1n) is 10.7. The van der Waals surface area contributed by atoms with Crippen molar-refractivity contribution < 1.29 is 19.2 Å². The molecular formula is C21H34NO3+. The van der Waals surface area contributed by atoms with Gasteiger partial charge in [0.15, 0.2) is 0 Å². The van der Waals surface area contributed by atoms with Crippen molar-refractivity contribution in [2.75, 3.05) is 19.7 Å². The molecule has 3 saturated heterocycles. The average molecular weight is 349 g/mol. The van der Waals surface area contributed by atoms with E-state index in [0.29, 0.717) is 23.3 Å². The second-order valence-corrected chi connectivity index (χ2v) is 10.1. The minimum Gasteiger partial charge on any atom is -0.462 e. The van der Waals surface area contributed by atoms with Gasteiger partial charge in [-0.1, -0.05) is 6.92 Å². The summed E-state index contributed by atoms with van der Waals surface area (Å²) in [7, 11) is 0. The Morgan fingerprint density at radius 3 is 2.84 bits per heavy atom. The van der Waals surface area contributed by atoms with Crippen LogP contribution in [0.1, 0.15) is 65.2 Å². The van der Waals surface area contributed by atoms with Gasteiger partial charge in [-0.15, -0.1) is 0 Å². The number of nitrogens with one attached hydrogen (secondary N) is 1. The highest BCUT2D eigenvalue weighted by Crippen LogP contribution is 2.62. The van der Waals surface area contributed by atoms with E-state index in [1.807, 2.05) is 0 Å². The largest absolute Gasteiger partial charge is 0.462 e. The fourth-order valence-corrected chi connectivity index (χ4v) is 7.03. The van der Waals surface area contributed by atoms with Crippen molar-refractivity contribution in [2.45, 2.75) is 83.0 Å². The number of quaternary nitrogens is 1. The minimum absolute atomic E-state index is 0.105. The van der Waals surface area contributed by atoms with Gasteiger partial charge in [0.05, 0.1) is 31.3 Å². The molecule has 0 aromatic carbocycles. The molecule has 8 atom stereocenters. The summed E-state index contributed by atoms with van der Waals surface area (Å²) in [5.41, 5.74) is 0.482. The average Bonchev–Trinajstić information content (AvgIpc) is 3.27. The SMILES string of the molecule is C[C@@H]1CCCC[NH+]1C[C@H]1C(=O)O[C@@H]2C[C@@]3(C)CCC[C@]4(CO4)[C@@H]3C[C@@H]21. The molecule has 0 aromatic rings. The quantitative estimate of drug-likeness (QED) is 0.613. The molecule has 1 unspecified atom stereocenters. The highest BCUT2D eigenvalue weighted by atomic mass is 16.6. The fourth-order valence-electron chi connectivity index (χ4n) is 7.03. The maximum Gasteiger partial charge on any atom is 0.315 e. The number of epoxide rings is 1. The van der Waals surface area contributed by atoms with Gasteiger partial charge >= 0.3 is 5.97 Å². The van der Waals surface area contributed by atoms with Gasteiger partial charge in [-0.3, -0.25) is 4.79 Å². The van der Waals surface area contributed by atoms with Gasteiger partial charge in [0.1, 0.15) is 12.0 Å². The highest BCUT2D eigenvalue weighted by Gasteiger charge is 2.65. The molecule has 4 heteroatoms. The molecule has 2 saturated carbocycles. The van der Waals surface area contributed by atoms with Crippen molar-refractivity contribution in [3.05, 3.63) is 0 Å². The number of hydrogen-bond donors (Lipinski definition) is 1. The summed E-state index contributed by atoms with van der Waals surface area (Å²) < 4.78 is 12.0. The van der Waals surface area contributed by atoms with Crippen LogP contribution in [-0.2, 0) is 14.3 Å². The predicted octanol–water partition coefficient (Wildman–Crippen LogP) is 1.97. The molecule has 4 nitrogen and oxygen atoms in total. The number of carbonyl (C=O) groups is 1. The Morgan fingerprint density at radius 2 is 2.08 bits per heavy atom. The first-order valence-corrected chi connectivity index (χ1v) is 10.7. The first kappa shape index (κ1) is 16.6. The molecule has 1 N–H and O–H groups in total. The van der Waals surface area contributed by atoms with Crippen LogP contribution in [0.15, 0.2) is 0 Å². The van der Waals surface area contributed by atoms with E-state index in [4.69, 9.17) is 9.47 Å². The number of rotatable bonds is 2. The Kier molecular flexibility index (Phi) is 3.77. The van der Waals surface area contributed by atoms with Crippen LogP contribution in [0.3, 0.4) is 0 Å². The molecule has 5 rings (SSSR count). The number of fused-ring (bicyclic) bond motifs is 3. The van der Waals surface area contributed by atoms with Crippen molar-refractivity contribution in [1.82, 2.24) is 0 Å². The molecule has 0 aromatic heterocycles. The van der Waals surface area contributed by atoms with Crippen LogP contribution in [0.2, 0.25) is 0 Å². The fraction of sp³-hybridized carbons (Fsp3) is 0.952. The van der Waals surface area contributed by atoms with E-state index in [9.17, 15) is 4.79 Å². The van der Waals surface area contributed by atoms with Gasteiger partial charge in [-0.25, -0.2) is 0 Å². The van der Waals surface area contributed by atoms with Crippen LogP contribution in [0.25, 0.3) is 0 Å². The molecule has 0 amide bonds. The topological polar surface area (TPSA) is 43.3 Å². The Labute approximate surface area is 151 Å². The Bertz CT molecular complexity index is 559. The zero-order valence-corrected chi connectivity index (χ0v) is 15.9. The molecule has 3 heterocycles. The second kappa shape index (κ2) is 5.69. The lowest BCUT2D eigenvalue weighted by Crippen LogP contribution is -3.17. The summed E-state index contributed by atoms with van der Waals surface area (Å²) in [6.45, 7) is 7.99. The molecule has 25 heavy (non-hydrogen) atoms. The van der Waals surface area contributed by atoms with Gasteiger partial charge in [0, 0.05) is 5.92 Å². The lowest BCUT2D eigenvalue weighted by atomic mass is 9.53. The van der Waals surface area contributed by atoms with Crippen LogP contribution in [0.4, 0.5) is 0 Å². The van der Waals surface area contributed by atoms with Gasteiger partial charge in [0.2, 0.25) is 0 Å². The number of ether oxygens (including phenoxy) is 2. The monoisotopic (exact) mass is 348 g/mol. The summed E-state index contributed by atoms with van der Waals surface area (Å²) in [5.74, 6) is 1.31. The third kappa shape index (κ3) is 2.58. The maximum absolute atomic E-state index is 12.7. The van der Waals surface area contributed by atoms with E-state index >= 15 is 0 Å². The van der Waals surface area contributed by atoms with Crippen LogP contribution >= 0.6 is 0 Å². The molecule has 0 bridgehead atoms. The number of carbonyl (C=O) groups excluding carboxylic acids is 1. The van der Waals surface area contributed by atoms with E-state index in [0.717, 1.165) is 26.0 Å². The zero-order valence-electron chi connectivity index (χ0n) is 15.9. The Hall–Kier alpha value is -0.610. The van der Waals surface area contributed by atoms with Crippen LogP contribution in [0, 0.1) is 23.2 Å². The molecule has 5 fully saturated rings. The van der Waals surface area contributed by atoms with E-state index in [2.05, 4.69) is 13.8 Å². The molecule has 3 aliphatic heterocycles. The van der Waals surface area contributed by atoms with E-state index < -0.39 is 0 Å². The maximum atomic E-state index is 12.7. The summed E-state index contributed by atoms with van der Waals surface area (Å²) in [6, 6.07) is 0.697. The summed E-state index contributed by atoms with van der Waals surface area (Å²) in [4.78, 5) is 14.4. The van der Waals surface area contributed by atoms with Gasteiger partial charge in [0.25, 0.3) is 0 Å². The third-order valence-electron chi connectivity index (χ3n) is 8.64. The van der Waals surface area contributed by atoms with E-state index in [1.54, 1.807) is 4.90 Å². The predicted molar refractivity (Wildman–Crippen MR) is 94.2 cm³/mol. The van der Waals surface area contributed by atoms with Crippen molar-refractivity contribution in [2.24, 2.45) is 23.2 Å². The third-order valence-corrected chi connectivity index (χ3v) is 8.64. The Balaban J connectivity index is 1.36. The number of likely N-dealkylation sites (tertiary alicyclic amines) is 1.